The molecule has 4 amide bonds. The van der Waals surface area contributed by atoms with Crippen LogP contribution in [0.25, 0.3) is 17.0 Å². The Morgan fingerprint density at radius 2 is 1.93 bits per heavy atom. The van der Waals surface area contributed by atoms with Gasteiger partial charge in [0.15, 0.2) is 0 Å². The molecule has 1 aromatic carbocycles. The summed E-state index contributed by atoms with van der Waals surface area (Å²) < 4.78 is 6.45. The van der Waals surface area contributed by atoms with Crippen molar-refractivity contribution in [3.8, 4) is 0 Å². The van der Waals surface area contributed by atoms with Crippen molar-refractivity contribution in [1.29, 1.82) is 0 Å². The molecule has 2 aliphatic rings. The Morgan fingerprint density at radius 1 is 1.21 bits per heavy atom. The molecule has 0 atom stereocenters. The van der Waals surface area contributed by atoms with E-state index in [1.54, 1.807) is 10.8 Å². The molecule has 1 aliphatic heterocycles. The maximum absolute atomic E-state index is 13.0. The lowest BCUT2D eigenvalue weighted by Crippen LogP contribution is -2.57. The number of aromatic nitrogens is 1. The highest BCUT2D eigenvalue weighted by atomic mass is 16.5. The number of rotatable bonds is 4. The predicted octanol–water partition coefficient (Wildman–Crippen LogP) is 2.22. The van der Waals surface area contributed by atoms with Crippen LogP contribution in [0.3, 0.4) is 0 Å². The molecule has 8 heteroatoms. The molecule has 1 aliphatic carbocycles. The van der Waals surface area contributed by atoms with Gasteiger partial charge in [0.25, 0.3) is 11.8 Å². The van der Waals surface area contributed by atoms with Crippen LogP contribution in [0, 0.1) is 0 Å². The largest absolute Gasteiger partial charge is 0.468 e. The van der Waals surface area contributed by atoms with Gasteiger partial charge >= 0.3 is 12.0 Å². The fourth-order valence-electron chi connectivity index (χ4n) is 4.05. The lowest BCUT2D eigenvalue weighted by atomic mass is 10.0. The minimum absolute atomic E-state index is 0.00696. The topological polar surface area (TPSA) is 97.7 Å². The number of nitrogens with zero attached hydrogens (tertiary/aromatic N) is 2. The number of carbonyl (C=O) groups is 4. The van der Waals surface area contributed by atoms with E-state index in [2.05, 4.69) is 5.32 Å². The van der Waals surface area contributed by atoms with E-state index in [1.807, 2.05) is 24.3 Å². The average Bonchev–Trinajstić information content (AvgIpc) is 3.34. The number of hydrogen-bond acceptors (Lipinski definition) is 5. The third-order valence-corrected chi connectivity index (χ3v) is 5.47. The molecule has 1 aromatic heterocycles. The van der Waals surface area contributed by atoms with Crippen molar-refractivity contribution in [2.24, 2.45) is 0 Å². The molecule has 1 saturated carbocycles. The van der Waals surface area contributed by atoms with Crippen molar-refractivity contribution in [2.45, 2.75) is 38.3 Å². The molecule has 0 bridgehead atoms. The molecule has 0 radical (unpaired) electrons. The Hall–Kier alpha value is -3.42. The summed E-state index contributed by atoms with van der Waals surface area (Å²) >= 11 is 0. The summed E-state index contributed by atoms with van der Waals surface area (Å²) in [5.41, 5.74) is 1.30. The molecular weight excluding hydrogens is 374 g/mol. The second kappa shape index (κ2) is 7.54. The van der Waals surface area contributed by atoms with Crippen LogP contribution < -0.4 is 5.32 Å². The third kappa shape index (κ3) is 3.41. The van der Waals surface area contributed by atoms with Gasteiger partial charge in [-0.05, 0) is 25.0 Å². The predicted molar refractivity (Wildman–Crippen MR) is 105 cm³/mol. The number of amides is 4. The number of barbiturate groups is 1. The lowest BCUT2D eigenvalue weighted by Gasteiger charge is -2.31. The number of hydrogen-bond donors (Lipinski definition) is 1. The van der Waals surface area contributed by atoms with Gasteiger partial charge in [0, 0.05) is 28.7 Å². The van der Waals surface area contributed by atoms with Gasteiger partial charge in [-0.2, -0.15) is 0 Å². The second-order valence-electron chi connectivity index (χ2n) is 7.24. The van der Waals surface area contributed by atoms with Gasteiger partial charge in [-0.1, -0.05) is 31.0 Å². The molecule has 2 fully saturated rings. The number of nitrogens with one attached hydrogen (secondary N) is 1. The first-order valence-electron chi connectivity index (χ1n) is 9.55. The monoisotopic (exact) mass is 395 g/mol. The number of esters is 1. The minimum atomic E-state index is -0.709. The molecule has 2 aromatic rings. The summed E-state index contributed by atoms with van der Waals surface area (Å²) in [5.74, 6) is -1.69. The van der Waals surface area contributed by atoms with E-state index in [4.69, 9.17) is 4.74 Å². The maximum Gasteiger partial charge on any atom is 0.331 e. The van der Waals surface area contributed by atoms with Crippen LogP contribution in [-0.4, -0.2) is 46.4 Å². The Morgan fingerprint density at radius 3 is 2.66 bits per heavy atom. The average molecular weight is 395 g/mol. The van der Waals surface area contributed by atoms with Crippen molar-refractivity contribution in [3.63, 3.8) is 0 Å². The molecule has 0 spiro atoms. The van der Waals surface area contributed by atoms with Gasteiger partial charge in [0.2, 0.25) is 0 Å². The molecule has 1 N–H and O–H groups in total. The van der Waals surface area contributed by atoms with Gasteiger partial charge < -0.3 is 9.30 Å². The second-order valence-corrected chi connectivity index (χ2v) is 7.24. The van der Waals surface area contributed by atoms with E-state index in [-0.39, 0.29) is 18.2 Å². The zero-order valence-corrected chi connectivity index (χ0v) is 16.0. The summed E-state index contributed by atoms with van der Waals surface area (Å²) in [6, 6.07) is 6.53. The first-order chi connectivity index (χ1) is 14.0. The molecule has 29 heavy (non-hydrogen) atoms. The summed E-state index contributed by atoms with van der Waals surface area (Å²) in [6.07, 6.45) is 6.59. The molecular formula is C21H21N3O5. The van der Waals surface area contributed by atoms with Crippen LogP contribution >= 0.6 is 0 Å². The van der Waals surface area contributed by atoms with Gasteiger partial charge in [-0.15, -0.1) is 0 Å². The first kappa shape index (κ1) is 18.9. The van der Waals surface area contributed by atoms with Gasteiger partial charge in [-0.25, -0.2) is 4.79 Å². The van der Waals surface area contributed by atoms with Crippen molar-refractivity contribution in [3.05, 3.63) is 41.6 Å². The SMILES string of the molecule is COC(=O)Cn1cc(/C=C2/C(=O)NC(=O)N(C3CCCC3)C2=O)c2ccccc21. The summed E-state index contributed by atoms with van der Waals surface area (Å²) in [4.78, 5) is 50.6. The summed E-state index contributed by atoms with van der Waals surface area (Å²) in [6.45, 7) is 0.00696. The zero-order valence-electron chi connectivity index (χ0n) is 16.0. The van der Waals surface area contributed by atoms with Crippen LogP contribution in [0.5, 0.6) is 0 Å². The number of para-hydroxylation sites is 1. The molecule has 2 heterocycles. The normalized spacial score (nSPS) is 19.3. The molecule has 0 unspecified atom stereocenters. The highest BCUT2D eigenvalue weighted by molar-refractivity contribution is 6.31. The zero-order chi connectivity index (χ0) is 20.5. The van der Waals surface area contributed by atoms with Crippen LogP contribution in [0.4, 0.5) is 4.79 Å². The van der Waals surface area contributed by atoms with Gasteiger partial charge in [0.05, 0.1) is 7.11 Å². The van der Waals surface area contributed by atoms with Crippen molar-refractivity contribution >= 4 is 40.8 Å². The number of fused-ring (bicyclic) bond motifs is 1. The molecule has 150 valence electrons. The van der Waals surface area contributed by atoms with Crippen LogP contribution in [0.15, 0.2) is 36.0 Å². The highest BCUT2D eigenvalue weighted by Crippen LogP contribution is 2.29. The lowest BCUT2D eigenvalue weighted by molar-refractivity contribution is -0.141. The molecule has 8 nitrogen and oxygen atoms in total. The minimum Gasteiger partial charge on any atom is -0.468 e. The van der Waals surface area contributed by atoms with Crippen LogP contribution in [0.2, 0.25) is 0 Å². The van der Waals surface area contributed by atoms with Crippen molar-refractivity contribution < 1.29 is 23.9 Å². The van der Waals surface area contributed by atoms with Crippen LogP contribution in [0.1, 0.15) is 31.2 Å². The Labute approximate surface area is 167 Å². The fourth-order valence-corrected chi connectivity index (χ4v) is 4.05. The van der Waals surface area contributed by atoms with Crippen molar-refractivity contribution in [1.82, 2.24) is 14.8 Å². The Kier molecular flexibility index (Phi) is 4.92. The van der Waals surface area contributed by atoms with Gasteiger partial charge in [-0.3, -0.25) is 24.6 Å². The smallest absolute Gasteiger partial charge is 0.331 e. The summed E-state index contributed by atoms with van der Waals surface area (Å²) in [5, 5.41) is 3.07. The number of imide groups is 2. The highest BCUT2D eigenvalue weighted by Gasteiger charge is 2.40. The Bertz CT molecular complexity index is 1050. The quantitative estimate of drug-likeness (QED) is 0.486. The van der Waals surface area contributed by atoms with Gasteiger partial charge in [0.1, 0.15) is 12.1 Å². The van der Waals surface area contributed by atoms with E-state index in [9.17, 15) is 19.2 Å². The number of benzene rings is 1. The first-order valence-corrected chi connectivity index (χ1v) is 9.55. The van der Waals surface area contributed by atoms with E-state index in [1.165, 1.54) is 18.1 Å². The third-order valence-electron chi connectivity index (χ3n) is 5.47. The number of methoxy groups -OCH3 is 1. The number of carbonyl (C=O) groups excluding carboxylic acids is 4. The molecule has 4 rings (SSSR count). The van der Waals surface area contributed by atoms with E-state index < -0.39 is 23.8 Å². The number of urea groups is 1. The van der Waals surface area contributed by atoms with E-state index >= 15 is 0 Å². The standard InChI is InChI=1S/C21H21N3O5/c1-29-18(25)12-23-11-13(15-8-4-5-9-17(15)23)10-16-19(26)22-21(28)24(20(16)27)14-6-2-3-7-14/h4-5,8-11,14H,2-3,6-7,12H2,1H3,(H,22,26,28)/b16-10-. The number of ether oxygens (including phenoxy) is 1. The fraction of sp³-hybridized carbons (Fsp3) is 0.333. The van der Waals surface area contributed by atoms with Crippen molar-refractivity contribution in [2.75, 3.05) is 7.11 Å². The van der Waals surface area contributed by atoms with E-state index in [0.29, 0.717) is 5.56 Å². The molecule has 1 saturated heterocycles. The van der Waals surface area contributed by atoms with Crippen LogP contribution in [-0.2, 0) is 25.7 Å². The van der Waals surface area contributed by atoms with E-state index in [0.717, 1.165) is 36.6 Å². The maximum atomic E-state index is 13.0. The summed E-state index contributed by atoms with van der Waals surface area (Å²) in [7, 11) is 1.32. The Balaban J connectivity index is 1.75.